The van der Waals surface area contributed by atoms with E-state index in [-0.39, 0.29) is 17.6 Å². The van der Waals surface area contributed by atoms with E-state index < -0.39 is 41.5 Å². The second-order valence-corrected chi connectivity index (χ2v) is 9.32. The van der Waals surface area contributed by atoms with Crippen LogP contribution in [0.5, 0.6) is 5.75 Å². The summed E-state index contributed by atoms with van der Waals surface area (Å²) in [5.41, 5.74) is 2.08. The van der Waals surface area contributed by atoms with E-state index in [1.807, 2.05) is 4.90 Å². The third kappa shape index (κ3) is 6.35. The molecule has 0 saturated carbocycles. The summed E-state index contributed by atoms with van der Waals surface area (Å²) in [6, 6.07) is 7.53. The molecule has 13 heteroatoms. The van der Waals surface area contributed by atoms with Gasteiger partial charge >= 0.3 is 12.4 Å². The normalized spacial score (nSPS) is 14.0. The number of hydrogen-bond acceptors (Lipinski definition) is 4. The number of ether oxygens (including phenoxy) is 1. The summed E-state index contributed by atoms with van der Waals surface area (Å²) in [5.74, 6) is -5.38. The fourth-order valence-electron chi connectivity index (χ4n) is 4.80. The van der Waals surface area contributed by atoms with E-state index in [0.29, 0.717) is 48.3 Å². The van der Waals surface area contributed by atoms with Gasteiger partial charge in [0.15, 0.2) is 17.5 Å². The van der Waals surface area contributed by atoms with Crippen molar-refractivity contribution in [1.82, 2.24) is 19.8 Å². The highest BCUT2D eigenvalue weighted by Crippen LogP contribution is 2.34. The van der Waals surface area contributed by atoms with Gasteiger partial charge in [-0.25, -0.2) is 22.9 Å². The Morgan fingerprint density at radius 3 is 2.51 bits per heavy atom. The molecule has 5 rings (SSSR count). The number of carbonyl (C=O) groups is 1. The summed E-state index contributed by atoms with van der Waals surface area (Å²) in [5, 5.41) is 3.21. The molecule has 0 saturated heterocycles. The topological polar surface area (TPSA) is 59.4 Å². The zero-order valence-corrected chi connectivity index (χ0v) is 21.1. The minimum Gasteiger partial charge on any atom is -0.406 e. The zero-order chi connectivity index (χ0) is 29.3. The van der Waals surface area contributed by atoms with Crippen LogP contribution in [0.2, 0.25) is 0 Å². The predicted molar refractivity (Wildman–Crippen MR) is 135 cm³/mol. The van der Waals surface area contributed by atoms with E-state index in [4.69, 9.17) is 0 Å². The summed E-state index contributed by atoms with van der Waals surface area (Å²) in [6.45, 7) is 1.06. The standard InChI is InChI=1S/C28H21F7N4O2/c29-21-10-16(11-22(30)26(21)32)2-1-8-38-9-6-23-20(15-38)19-4-3-18(41-28(33,34)35)13-24(19)39(23)27(40)37-14-17-5-7-36-25(31)12-17/h1-5,7,10-13H,6,8-9,14-15H2,(H,37,40). The second kappa shape index (κ2) is 11.2. The molecule has 2 aromatic heterocycles. The van der Waals surface area contributed by atoms with Gasteiger partial charge in [-0.1, -0.05) is 12.2 Å². The van der Waals surface area contributed by atoms with E-state index in [1.54, 1.807) is 6.08 Å². The van der Waals surface area contributed by atoms with Crippen molar-refractivity contribution in [1.29, 1.82) is 0 Å². The molecule has 0 atom stereocenters. The van der Waals surface area contributed by atoms with Crippen molar-refractivity contribution in [2.45, 2.75) is 25.9 Å². The number of benzene rings is 2. The number of halogens is 7. The van der Waals surface area contributed by atoms with Crippen LogP contribution in [0.25, 0.3) is 17.0 Å². The molecule has 0 bridgehead atoms. The van der Waals surface area contributed by atoms with Crippen molar-refractivity contribution in [3.63, 3.8) is 0 Å². The molecule has 0 fully saturated rings. The molecule has 0 spiro atoms. The summed E-state index contributed by atoms with van der Waals surface area (Å²) < 4.78 is 97.8. The molecular formula is C28H21F7N4O2. The van der Waals surface area contributed by atoms with Crippen LogP contribution in [-0.2, 0) is 19.5 Å². The molecule has 0 radical (unpaired) electrons. The SMILES string of the molecule is O=C(NCc1ccnc(F)c1)n1c2c(c3ccc(OC(F)(F)F)cc31)CN(CC=Cc1cc(F)c(F)c(F)c1)CC2. The van der Waals surface area contributed by atoms with Crippen LogP contribution in [-0.4, -0.2) is 39.9 Å². The van der Waals surface area contributed by atoms with Crippen molar-refractivity contribution in [2.24, 2.45) is 0 Å². The fourth-order valence-corrected chi connectivity index (χ4v) is 4.80. The summed E-state index contributed by atoms with van der Waals surface area (Å²) in [6.07, 6.45) is -0.244. The highest BCUT2D eigenvalue weighted by molar-refractivity contribution is 5.96. The molecule has 1 aliphatic heterocycles. The number of fused-ring (bicyclic) bond motifs is 3. The number of nitrogens with zero attached hydrogens (tertiary/aromatic N) is 3. The van der Waals surface area contributed by atoms with Gasteiger partial charge in [0.1, 0.15) is 5.75 Å². The molecule has 1 N–H and O–H groups in total. The Labute approximate surface area is 228 Å². The van der Waals surface area contributed by atoms with Crippen LogP contribution >= 0.6 is 0 Å². The highest BCUT2D eigenvalue weighted by Gasteiger charge is 2.32. The maximum absolute atomic E-state index is 13.5. The maximum atomic E-state index is 13.5. The molecule has 4 aromatic rings. The Bertz CT molecular complexity index is 1630. The summed E-state index contributed by atoms with van der Waals surface area (Å²) in [7, 11) is 0. The first kappa shape index (κ1) is 28.1. The van der Waals surface area contributed by atoms with Gasteiger partial charge in [-0.05, 0) is 53.1 Å². The molecule has 41 heavy (non-hydrogen) atoms. The van der Waals surface area contributed by atoms with Gasteiger partial charge in [0.05, 0.1) is 5.52 Å². The Hall–Kier alpha value is -4.39. The lowest BCUT2D eigenvalue weighted by molar-refractivity contribution is -0.274. The lowest BCUT2D eigenvalue weighted by Crippen LogP contribution is -2.34. The molecule has 3 heterocycles. The van der Waals surface area contributed by atoms with E-state index in [0.717, 1.165) is 30.3 Å². The third-order valence-electron chi connectivity index (χ3n) is 6.55. The molecular weight excluding hydrogens is 557 g/mol. The molecule has 6 nitrogen and oxygen atoms in total. The Morgan fingerprint density at radius 1 is 1.05 bits per heavy atom. The number of hydrogen-bond donors (Lipinski definition) is 1. The van der Waals surface area contributed by atoms with Crippen molar-refractivity contribution < 1.29 is 40.3 Å². The second-order valence-electron chi connectivity index (χ2n) is 9.32. The van der Waals surface area contributed by atoms with Crippen molar-refractivity contribution in [2.75, 3.05) is 13.1 Å². The number of aromatic nitrogens is 2. The van der Waals surface area contributed by atoms with E-state index in [1.165, 1.54) is 29.0 Å². The molecule has 214 valence electrons. The van der Waals surface area contributed by atoms with Crippen LogP contribution in [0, 0.1) is 23.4 Å². The molecule has 0 aliphatic carbocycles. The molecule has 0 unspecified atom stereocenters. The molecule has 1 amide bonds. The molecule has 1 aliphatic rings. The first-order valence-corrected chi connectivity index (χ1v) is 12.3. The minimum absolute atomic E-state index is 0.0487. The van der Waals surface area contributed by atoms with Gasteiger partial charge in [0.2, 0.25) is 5.95 Å². The Morgan fingerprint density at radius 2 is 1.80 bits per heavy atom. The lowest BCUT2D eigenvalue weighted by atomic mass is 10.0. The van der Waals surface area contributed by atoms with Gasteiger partial charge in [-0.2, -0.15) is 4.39 Å². The van der Waals surface area contributed by atoms with Crippen molar-refractivity contribution in [3.8, 4) is 5.75 Å². The smallest absolute Gasteiger partial charge is 0.406 e. The van der Waals surface area contributed by atoms with Gasteiger partial charge < -0.3 is 10.1 Å². The monoisotopic (exact) mass is 578 g/mol. The number of alkyl halides is 3. The van der Waals surface area contributed by atoms with Crippen molar-refractivity contribution in [3.05, 3.63) is 101 Å². The first-order valence-electron chi connectivity index (χ1n) is 12.3. The predicted octanol–water partition coefficient (Wildman–Crippen LogP) is 6.32. The number of amides is 1. The van der Waals surface area contributed by atoms with Crippen LogP contribution in [0.15, 0.2) is 54.7 Å². The van der Waals surface area contributed by atoms with Gasteiger partial charge in [0.25, 0.3) is 0 Å². The van der Waals surface area contributed by atoms with Gasteiger partial charge in [-0.15, -0.1) is 13.2 Å². The van der Waals surface area contributed by atoms with E-state index in [2.05, 4.69) is 15.0 Å². The van der Waals surface area contributed by atoms with Crippen molar-refractivity contribution >= 4 is 23.0 Å². The van der Waals surface area contributed by atoms with Crippen LogP contribution in [0.3, 0.4) is 0 Å². The van der Waals surface area contributed by atoms with Gasteiger partial charge in [0, 0.05) is 55.9 Å². The third-order valence-corrected chi connectivity index (χ3v) is 6.55. The molecule has 2 aromatic carbocycles. The zero-order valence-electron chi connectivity index (χ0n) is 21.1. The Kier molecular flexibility index (Phi) is 7.72. The summed E-state index contributed by atoms with van der Waals surface area (Å²) in [4.78, 5) is 18.7. The number of carbonyl (C=O) groups excluding carboxylic acids is 1. The highest BCUT2D eigenvalue weighted by atomic mass is 19.4. The quantitative estimate of drug-likeness (QED) is 0.165. The number of rotatable bonds is 6. The number of nitrogens with one attached hydrogen (secondary N) is 1. The fraction of sp³-hybridized carbons (Fsp3) is 0.214. The van der Waals surface area contributed by atoms with Crippen LogP contribution in [0.1, 0.15) is 22.4 Å². The lowest BCUT2D eigenvalue weighted by Gasteiger charge is -2.27. The Balaban J connectivity index is 1.42. The van der Waals surface area contributed by atoms with E-state index in [9.17, 15) is 35.5 Å². The number of pyridine rings is 1. The minimum atomic E-state index is -4.93. The maximum Gasteiger partial charge on any atom is 0.573 e. The largest absolute Gasteiger partial charge is 0.573 e. The van der Waals surface area contributed by atoms with Gasteiger partial charge in [-0.3, -0.25) is 9.47 Å². The average Bonchev–Trinajstić information content (AvgIpc) is 3.22. The first-order chi connectivity index (χ1) is 19.5. The summed E-state index contributed by atoms with van der Waals surface area (Å²) >= 11 is 0. The van der Waals surface area contributed by atoms with Crippen LogP contribution in [0.4, 0.5) is 35.5 Å². The van der Waals surface area contributed by atoms with E-state index >= 15 is 0 Å². The van der Waals surface area contributed by atoms with Crippen LogP contribution < -0.4 is 10.1 Å². The average molecular weight is 578 g/mol.